The summed E-state index contributed by atoms with van der Waals surface area (Å²) in [5.74, 6) is 1.36. The van der Waals surface area contributed by atoms with Crippen molar-refractivity contribution in [3.63, 3.8) is 0 Å². The molecular formula is C29H37N5O5S. The SMILES string of the molecule is COc1cc(C)c(S(=O)(=O)N2CCCCC2COc2nccc(N3CCC(O)(c4cccnc4)CC3)n2)c(C)c1. The number of hydrogen-bond acceptors (Lipinski definition) is 9. The Morgan fingerprint density at radius 2 is 1.82 bits per heavy atom. The molecule has 5 rings (SSSR count). The normalized spacial score (nSPS) is 19.8. The zero-order chi connectivity index (χ0) is 28.3. The molecule has 0 saturated carbocycles. The lowest BCUT2D eigenvalue weighted by Gasteiger charge is -2.38. The number of aromatic nitrogens is 3. The maximum Gasteiger partial charge on any atom is 0.318 e. The van der Waals surface area contributed by atoms with Crippen LogP contribution in [-0.4, -0.2) is 72.2 Å². The molecule has 0 amide bonds. The number of benzene rings is 1. The zero-order valence-electron chi connectivity index (χ0n) is 23.3. The van der Waals surface area contributed by atoms with Crippen LogP contribution in [0.2, 0.25) is 0 Å². The highest BCUT2D eigenvalue weighted by molar-refractivity contribution is 7.89. The van der Waals surface area contributed by atoms with Gasteiger partial charge in [0.25, 0.3) is 0 Å². The third-order valence-electron chi connectivity index (χ3n) is 7.95. The summed E-state index contributed by atoms with van der Waals surface area (Å²) < 4.78 is 40.6. The van der Waals surface area contributed by atoms with Gasteiger partial charge in [0.15, 0.2) is 0 Å². The number of rotatable bonds is 8. The molecule has 2 fully saturated rings. The molecule has 1 unspecified atom stereocenters. The van der Waals surface area contributed by atoms with Crippen LogP contribution in [0, 0.1) is 13.8 Å². The van der Waals surface area contributed by atoms with Crippen LogP contribution in [0.3, 0.4) is 0 Å². The van der Waals surface area contributed by atoms with Crippen LogP contribution in [0.25, 0.3) is 0 Å². The maximum absolute atomic E-state index is 13.8. The van der Waals surface area contributed by atoms with Crippen LogP contribution in [-0.2, 0) is 15.6 Å². The molecule has 11 heteroatoms. The van der Waals surface area contributed by atoms with Crippen molar-refractivity contribution >= 4 is 15.8 Å². The van der Waals surface area contributed by atoms with E-state index in [1.54, 1.807) is 56.0 Å². The Bertz CT molecular complexity index is 1400. The minimum absolute atomic E-state index is 0.164. The highest BCUT2D eigenvalue weighted by Gasteiger charge is 2.37. The van der Waals surface area contributed by atoms with E-state index in [9.17, 15) is 13.5 Å². The molecule has 40 heavy (non-hydrogen) atoms. The van der Waals surface area contributed by atoms with E-state index in [0.29, 0.717) is 60.7 Å². The summed E-state index contributed by atoms with van der Waals surface area (Å²) in [5.41, 5.74) is 1.24. The van der Waals surface area contributed by atoms with Crippen molar-refractivity contribution in [2.24, 2.45) is 0 Å². The quantitative estimate of drug-likeness (QED) is 0.436. The van der Waals surface area contributed by atoms with E-state index in [-0.39, 0.29) is 18.7 Å². The summed E-state index contributed by atoms with van der Waals surface area (Å²) in [7, 11) is -2.17. The monoisotopic (exact) mass is 567 g/mol. The number of nitrogens with zero attached hydrogens (tertiary/aromatic N) is 5. The van der Waals surface area contributed by atoms with Crippen LogP contribution in [0.5, 0.6) is 11.8 Å². The van der Waals surface area contributed by atoms with Crippen molar-refractivity contribution in [1.82, 2.24) is 19.3 Å². The molecule has 0 bridgehead atoms. The van der Waals surface area contributed by atoms with Crippen LogP contribution in [0.1, 0.15) is 48.8 Å². The summed E-state index contributed by atoms with van der Waals surface area (Å²) in [6, 6.07) is 8.98. The van der Waals surface area contributed by atoms with Crippen molar-refractivity contribution in [1.29, 1.82) is 0 Å². The maximum atomic E-state index is 13.8. The van der Waals surface area contributed by atoms with E-state index in [0.717, 1.165) is 24.2 Å². The molecule has 214 valence electrons. The standard InChI is InChI=1S/C29H37N5O5S/c1-21-17-25(38-3)18-22(2)27(21)40(36,37)34-14-5-4-8-24(34)20-39-28-31-13-9-26(32-28)33-15-10-29(35,11-16-33)23-7-6-12-30-19-23/h6-7,9,12-13,17-19,24,35H,4-5,8,10-11,14-16,20H2,1-3H3. The van der Waals surface area contributed by atoms with Gasteiger partial charge in [-0.05, 0) is 74.9 Å². The van der Waals surface area contributed by atoms with Gasteiger partial charge in [0.05, 0.1) is 23.6 Å². The number of sulfonamides is 1. The van der Waals surface area contributed by atoms with Gasteiger partial charge >= 0.3 is 6.01 Å². The van der Waals surface area contributed by atoms with Gasteiger partial charge in [-0.15, -0.1) is 0 Å². The number of aryl methyl sites for hydroxylation is 2. The molecule has 1 N–H and O–H groups in total. The molecular weight excluding hydrogens is 530 g/mol. The fourth-order valence-corrected chi connectivity index (χ4v) is 7.88. The number of piperidine rings is 2. The second-order valence-electron chi connectivity index (χ2n) is 10.6. The first-order chi connectivity index (χ1) is 19.2. The van der Waals surface area contributed by atoms with Gasteiger partial charge in [0.2, 0.25) is 10.0 Å². The van der Waals surface area contributed by atoms with E-state index in [2.05, 4.69) is 19.9 Å². The number of ether oxygens (including phenoxy) is 2. The smallest absolute Gasteiger partial charge is 0.318 e. The first-order valence-corrected chi connectivity index (χ1v) is 15.2. The van der Waals surface area contributed by atoms with E-state index in [4.69, 9.17) is 9.47 Å². The Morgan fingerprint density at radius 3 is 2.50 bits per heavy atom. The van der Waals surface area contributed by atoms with Crippen molar-refractivity contribution in [2.75, 3.05) is 38.3 Å². The van der Waals surface area contributed by atoms with Gasteiger partial charge in [-0.25, -0.2) is 13.4 Å². The molecule has 2 aromatic heterocycles. The van der Waals surface area contributed by atoms with Crippen molar-refractivity contribution in [2.45, 2.75) is 62.5 Å². The molecule has 10 nitrogen and oxygen atoms in total. The Labute approximate surface area is 236 Å². The van der Waals surface area contributed by atoms with E-state index >= 15 is 0 Å². The van der Waals surface area contributed by atoms with Crippen molar-refractivity contribution in [3.8, 4) is 11.8 Å². The highest BCUT2D eigenvalue weighted by Crippen LogP contribution is 2.34. The van der Waals surface area contributed by atoms with Crippen molar-refractivity contribution in [3.05, 3.63) is 65.6 Å². The molecule has 2 saturated heterocycles. The molecule has 1 atom stereocenters. The second kappa shape index (κ2) is 11.7. The summed E-state index contributed by atoms with van der Waals surface area (Å²) in [4.78, 5) is 15.5. The average molecular weight is 568 g/mol. The lowest BCUT2D eigenvalue weighted by molar-refractivity contribution is 0.0113. The lowest BCUT2D eigenvalue weighted by atomic mass is 9.85. The third-order valence-corrected chi connectivity index (χ3v) is 10.2. The molecule has 0 spiro atoms. The van der Waals surface area contributed by atoms with E-state index in [1.807, 2.05) is 18.2 Å². The van der Waals surface area contributed by atoms with Gasteiger partial charge in [-0.3, -0.25) is 4.98 Å². The largest absolute Gasteiger partial charge is 0.497 e. The van der Waals surface area contributed by atoms with Crippen LogP contribution in [0.4, 0.5) is 5.82 Å². The van der Waals surface area contributed by atoms with Crippen molar-refractivity contribution < 1.29 is 23.0 Å². The minimum Gasteiger partial charge on any atom is -0.497 e. The minimum atomic E-state index is -3.74. The Kier molecular flexibility index (Phi) is 8.25. The highest BCUT2D eigenvalue weighted by atomic mass is 32.2. The number of anilines is 1. The lowest BCUT2D eigenvalue weighted by Crippen LogP contribution is -2.47. The Hall–Kier alpha value is -3.28. The van der Waals surface area contributed by atoms with Gasteiger partial charge < -0.3 is 19.5 Å². The summed E-state index contributed by atoms with van der Waals surface area (Å²) in [6.07, 6.45) is 8.61. The Balaban J connectivity index is 1.27. The number of pyridine rings is 1. The molecule has 0 radical (unpaired) electrons. The van der Waals surface area contributed by atoms with Gasteiger partial charge in [0, 0.05) is 43.8 Å². The van der Waals surface area contributed by atoms with E-state index < -0.39 is 15.6 Å². The predicted octanol–water partition coefficient (Wildman–Crippen LogP) is 3.61. The molecule has 2 aliphatic rings. The number of aliphatic hydroxyl groups is 1. The van der Waals surface area contributed by atoms with E-state index in [1.165, 1.54) is 0 Å². The Morgan fingerprint density at radius 1 is 1.07 bits per heavy atom. The summed E-state index contributed by atoms with van der Waals surface area (Å²) in [6.45, 7) is 5.45. The zero-order valence-corrected chi connectivity index (χ0v) is 24.1. The number of methoxy groups -OCH3 is 1. The van der Waals surface area contributed by atoms with Crippen LogP contribution in [0.15, 0.2) is 53.8 Å². The van der Waals surface area contributed by atoms with Gasteiger partial charge in [-0.2, -0.15) is 9.29 Å². The molecule has 0 aliphatic carbocycles. The predicted molar refractivity (Wildman–Crippen MR) is 151 cm³/mol. The van der Waals surface area contributed by atoms with Crippen LogP contribution >= 0.6 is 0 Å². The van der Waals surface area contributed by atoms with Crippen LogP contribution < -0.4 is 14.4 Å². The molecule has 2 aliphatic heterocycles. The third kappa shape index (κ3) is 5.77. The van der Waals surface area contributed by atoms with Gasteiger partial charge in [0.1, 0.15) is 18.2 Å². The molecule has 3 aromatic rings. The number of hydrogen-bond donors (Lipinski definition) is 1. The molecule has 4 heterocycles. The summed E-state index contributed by atoms with van der Waals surface area (Å²) >= 11 is 0. The second-order valence-corrected chi connectivity index (χ2v) is 12.5. The summed E-state index contributed by atoms with van der Waals surface area (Å²) in [5, 5.41) is 11.1. The average Bonchev–Trinajstić information content (AvgIpc) is 2.96. The first-order valence-electron chi connectivity index (χ1n) is 13.7. The fraction of sp³-hybridized carbons (Fsp3) is 0.483. The first kappa shape index (κ1) is 28.3. The molecule has 1 aromatic carbocycles. The topological polar surface area (TPSA) is 118 Å². The van der Waals surface area contributed by atoms with Gasteiger partial charge in [-0.1, -0.05) is 12.5 Å². The fourth-order valence-electron chi connectivity index (χ4n) is 5.79.